The van der Waals surface area contributed by atoms with Crippen LogP contribution in [0.4, 0.5) is 5.82 Å². The van der Waals surface area contributed by atoms with Crippen LogP contribution in [0.5, 0.6) is 17.2 Å². The second-order valence-corrected chi connectivity index (χ2v) is 5.81. The van der Waals surface area contributed by atoms with Crippen molar-refractivity contribution in [1.29, 1.82) is 0 Å². The Labute approximate surface area is 150 Å². The first kappa shape index (κ1) is 17.5. The summed E-state index contributed by atoms with van der Waals surface area (Å²) in [4.78, 5) is 29.0. The van der Waals surface area contributed by atoms with Crippen LogP contribution in [0.3, 0.4) is 0 Å². The summed E-state index contributed by atoms with van der Waals surface area (Å²) in [5.41, 5.74) is -0.898. The van der Waals surface area contributed by atoms with E-state index in [2.05, 4.69) is 15.6 Å². The van der Waals surface area contributed by atoms with Gasteiger partial charge in [-0.3, -0.25) is 9.59 Å². The van der Waals surface area contributed by atoms with E-state index in [-0.39, 0.29) is 6.54 Å². The number of nitrogens with one attached hydrogen (secondary N) is 2. The van der Waals surface area contributed by atoms with Crippen molar-refractivity contribution in [1.82, 2.24) is 10.3 Å². The maximum atomic E-state index is 12.6. The lowest BCUT2D eigenvalue weighted by atomic mass is 10.0. The van der Waals surface area contributed by atoms with E-state index >= 15 is 0 Å². The first-order chi connectivity index (χ1) is 12.5. The lowest BCUT2D eigenvalue weighted by molar-refractivity contribution is -0.146. The Balaban J connectivity index is 1.73. The molecule has 26 heavy (non-hydrogen) atoms. The summed E-state index contributed by atoms with van der Waals surface area (Å²) in [6, 6.07) is 8.60. The van der Waals surface area contributed by atoms with Gasteiger partial charge in [-0.2, -0.15) is 0 Å². The summed E-state index contributed by atoms with van der Waals surface area (Å²) in [6.45, 7) is 1.62. The Morgan fingerprint density at radius 3 is 2.77 bits per heavy atom. The van der Waals surface area contributed by atoms with Gasteiger partial charge in [0.1, 0.15) is 0 Å². The largest absolute Gasteiger partial charge is 0.493 e. The van der Waals surface area contributed by atoms with E-state index in [4.69, 9.17) is 14.2 Å². The van der Waals surface area contributed by atoms with E-state index in [1.165, 1.54) is 20.2 Å². The topological polar surface area (TPSA) is 98.8 Å². The number of nitrogens with zero attached hydrogens (tertiary/aromatic N) is 1. The number of amides is 2. The van der Waals surface area contributed by atoms with Gasteiger partial charge in [0.25, 0.3) is 17.4 Å². The molecule has 1 aromatic heterocycles. The molecule has 1 aliphatic heterocycles. The van der Waals surface area contributed by atoms with Crippen molar-refractivity contribution >= 4 is 17.6 Å². The van der Waals surface area contributed by atoms with E-state index in [9.17, 15) is 9.59 Å². The normalized spacial score (nSPS) is 18.2. The monoisotopic (exact) mass is 357 g/mol. The third-order valence-corrected chi connectivity index (χ3v) is 4.08. The van der Waals surface area contributed by atoms with Gasteiger partial charge in [0.2, 0.25) is 0 Å². The molecular weight excluding hydrogens is 338 g/mol. The summed E-state index contributed by atoms with van der Waals surface area (Å²) < 4.78 is 16.1. The van der Waals surface area contributed by atoms with Crippen molar-refractivity contribution in [2.45, 2.75) is 19.1 Å². The second-order valence-electron chi connectivity index (χ2n) is 5.81. The molecule has 0 radical (unpaired) electrons. The smallest absolute Gasteiger partial charge is 0.279 e. The van der Waals surface area contributed by atoms with Gasteiger partial charge in [0.05, 0.1) is 14.2 Å². The van der Waals surface area contributed by atoms with Gasteiger partial charge >= 0.3 is 0 Å². The fourth-order valence-electron chi connectivity index (χ4n) is 2.55. The molecule has 0 saturated carbocycles. The standard InChI is InChI=1S/C18H19N3O5/c1-18(17(23)21-15-13(26-18)5-4-8-19-15)16(22)20-10-11-6-7-12(24-2)14(9-11)25-3/h4-9H,10H2,1-3H3,(H,20,22)(H,19,21,23). The Kier molecular flexibility index (Phi) is 4.66. The number of hydrogen-bond acceptors (Lipinski definition) is 6. The third-order valence-electron chi connectivity index (χ3n) is 4.08. The summed E-state index contributed by atoms with van der Waals surface area (Å²) in [5.74, 6) is 0.650. The van der Waals surface area contributed by atoms with Gasteiger partial charge in [-0.05, 0) is 36.8 Å². The number of carbonyl (C=O) groups is 2. The zero-order valence-corrected chi connectivity index (χ0v) is 14.7. The molecule has 1 atom stereocenters. The molecule has 2 amide bonds. The average Bonchev–Trinajstić information content (AvgIpc) is 2.66. The van der Waals surface area contributed by atoms with Gasteiger partial charge in [0.15, 0.2) is 23.1 Å². The highest BCUT2D eigenvalue weighted by Gasteiger charge is 2.47. The van der Waals surface area contributed by atoms with Crippen molar-refractivity contribution in [2.24, 2.45) is 0 Å². The molecule has 2 aromatic rings. The molecule has 2 heterocycles. The summed E-state index contributed by atoms with van der Waals surface area (Å²) in [5, 5.41) is 5.31. The molecule has 8 nitrogen and oxygen atoms in total. The third kappa shape index (κ3) is 3.13. The molecular formula is C18H19N3O5. The second kappa shape index (κ2) is 6.91. The average molecular weight is 357 g/mol. The lowest BCUT2D eigenvalue weighted by Crippen LogP contribution is -2.58. The minimum absolute atomic E-state index is 0.200. The highest BCUT2D eigenvalue weighted by molar-refractivity contribution is 6.15. The summed E-state index contributed by atoms with van der Waals surface area (Å²) >= 11 is 0. The minimum atomic E-state index is -1.69. The van der Waals surface area contributed by atoms with Gasteiger partial charge in [-0.25, -0.2) is 4.98 Å². The zero-order chi connectivity index (χ0) is 18.7. The van der Waals surface area contributed by atoms with Gasteiger partial charge < -0.3 is 24.8 Å². The molecule has 0 fully saturated rings. The fourth-order valence-corrected chi connectivity index (χ4v) is 2.55. The van der Waals surface area contributed by atoms with E-state index in [1.807, 2.05) is 0 Å². The number of aromatic nitrogens is 1. The number of benzene rings is 1. The molecule has 1 unspecified atom stereocenters. The maximum absolute atomic E-state index is 12.6. The van der Waals surface area contributed by atoms with E-state index in [0.29, 0.717) is 23.1 Å². The van der Waals surface area contributed by atoms with Crippen LogP contribution in [0.2, 0.25) is 0 Å². The van der Waals surface area contributed by atoms with Crippen molar-refractivity contribution in [3.05, 3.63) is 42.1 Å². The molecule has 0 bridgehead atoms. The summed E-state index contributed by atoms with van der Waals surface area (Å²) in [6.07, 6.45) is 1.53. The fraction of sp³-hybridized carbons (Fsp3) is 0.278. The Bertz CT molecular complexity index is 854. The Morgan fingerprint density at radius 1 is 1.27 bits per heavy atom. The predicted octanol–water partition coefficient (Wildman–Crippen LogP) is 1.50. The van der Waals surface area contributed by atoms with Crippen LogP contribution in [0.1, 0.15) is 12.5 Å². The van der Waals surface area contributed by atoms with Crippen molar-refractivity contribution in [3.8, 4) is 17.2 Å². The highest BCUT2D eigenvalue weighted by atomic mass is 16.5. The van der Waals surface area contributed by atoms with E-state index in [1.54, 1.807) is 37.4 Å². The Morgan fingerprint density at radius 2 is 2.04 bits per heavy atom. The van der Waals surface area contributed by atoms with Gasteiger partial charge in [-0.15, -0.1) is 0 Å². The molecule has 2 N–H and O–H groups in total. The van der Waals surface area contributed by atoms with Crippen molar-refractivity contribution in [2.75, 3.05) is 19.5 Å². The highest BCUT2D eigenvalue weighted by Crippen LogP contribution is 2.32. The molecule has 3 rings (SSSR count). The molecule has 0 aliphatic carbocycles. The molecule has 1 aromatic carbocycles. The number of anilines is 1. The zero-order valence-electron chi connectivity index (χ0n) is 14.7. The predicted molar refractivity (Wildman–Crippen MR) is 93.3 cm³/mol. The minimum Gasteiger partial charge on any atom is -0.493 e. The number of pyridine rings is 1. The van der Waals surface area contributed by atoms with Crippen LogP contribution in [-0.4, -0.2) is 36.6 Å². The Hall–Kier alpha value is -3.29. The number of hydrogen-bond donors (Lipinski definition) is 2. The molecule has 8 heteroatoms. The quantitative estimate of drug-likeness (QED) is 0.787. The van der Waals surface area contributed by atoms with Gasteiger partial charge in [-0.1, -0.05) is 6.07 Å². The van der Waals surface area contributed by atoms with E-state index < -0.39 is 17.4 Å². The van der Waals surface area contributed by atoms with Crippen LogP contribution in [0.25, 0.3) is 0 Å². The van der Waals surface area contributed by atoms with Crippen molar-refractivity contribution < 1.29 is 23.8 Å². The number of carbonyl (C=O) groups excluding carboxylic acids is 2. The van der Waals surface area contributed by atoms with Gasteiger partial charge in [0, 0.05) is 12.7 Å². The molecule has 0 spiro atoms. The van der Waals surface area contributed by atoms with Crippen LogP contribution in [-0.2, 0) is 16.1 Å². The molecule has 1 aliphatic rings. The van der Waals surface area contributed by atoms with Crippen LogP contribution in [0, 0.1) is 0 Å². The van der Waals surface area contributed by atoms with Crippen LogP contribution < -0.4 is 24.8 Å². The summed E-state index contributed by atoms with van der Waals surface area (Å²) in [7, 11) is 3.08. The SMILES string of the molecule is COc1ccc(CNC(=O)C2(C)Oc3cccnc3NC2=O)cc1OC. The number of fused-ring (bicyclic) bond motifs is 1. The first-order valence-corrected chi connectivity index (χ1v) is 7.92. The first-order valence-electron chi connectivity index (χ1n) is 7.92. The van der Waals surface area contributed by atoms with Crippen molar-refractivity contribution in [3.63, 3.8) is 0 Å². The molecule has 136 valence electrons. The number of ether oxygens (including phenoxy) is 3. The lowest BCUT2D eigenvalue weighted by Gasteiger charge is -2.32. The van der Waals surface area contributed by atoms with Crippen LogP contribution >= 0.6 is 0 Å². The molecule has 0 saturated heterocycles. The number of rotatable bonds is 5. The van der Waals surface area contributed by atoms with E-state index in [0.717, 1.165) is 5.56 Å². The maximum Gasteiger partial charge on any atom is 0.279 e. The number of methoxy groups -OCH3 is 2. The van der Waals surface area contributed by atoms with Crippen LogP contribution in [0.15, 0.2) is 36.5 Å².